The average molecular weight is 251 g/mol. The van der Waals surface area contributed by atoms with Gasteiger partial charge < -0.3 is 9.52 Å². The quantitative estimate of drug-likeness (QED) is 0.877. The van der Waals surface area contributed by atoms with Crippen molar-refractivity contribution in [2.45, 2.75) is 45.8 Å². The second-order valence-electron chi connectivity index (χ2n) is 5.27. The highest BCUT2D eigenvalue weighted by Gasteiger charge is 2.21. The van der Waals surface area contributed by atoms with Gasteiger partial charge in [-0.15, -0.1) is 15.3 Å². The zero-order valence-electron chi connectivity index (χ0n) is 11.0. The van der Waals surface area contributed by atoms with E-state index in [1.54, 1.807) is 17.8 Å². The lowest BCUT2D eigenvalue weighted by atomic mass is 9.97. The number of hydrogen-bond donors (Lipinski definition) is 1. The summed E-state index contributed by atoms with van der Waals surface area (Å²) in [5.74, 6) is 1.07. The van der Waals surface area contributed by atoms with Gasteiger partial charge in [-0.05, 0) is 6.92 Å². The van der Waals surface area contributed by atoms with Crippen LogP contribution in [0, 0.1) is 0 Å². The molecule has 0 aromatic carbocycles. The lowest BCUT2D eigenvalue weighted by Gasteiger charge is -2.10. The molecule has 0 bridgehead atoms. The number of hydrogen-bond acceptors (Lipinski definition) is 6. The highest BCUT2D eigenvalue weighted by molar-refractivity contribution is 4.98. The number of aromatic nitrogens is 5. The first-order valence-corrected chi connectivity index (χ1v) is 5.77. The molecular formula is C11H17N5O2. The third-order valence-corrected chi connectivity index (χ3v) is 2.39. The largest absolute Gasteiger partial charge is 0.423 e. The molecule has 0 aliphatic heterocycles. The molecule has 1 unspecified atom stereocenters. The van der Waals surface area contributed by atoms with Crippen molar-refractivity contribution in [1.82, 2.24) is 25.2 Å². The van der Waals surface area contributed by atoms with Gasteiger partial charge in [0, 0.05) is 5.41 Å². The van der Waals surface area contributed by atoms with Crippen molar-refractivity contribution in [3.05, 3.63) is 23.7 Å². The SMILES string of the molecule is CC(O)c1cn(Cc2nnc(C(C)(C)C)o2)nn1. The minimum atomic E-state index is -0.633. The maximum absolute atomic E-state index is 9.35. The van der Waals surface area contributed by atoms with E-state index in [1.165, 1.54) is 0 Å². The van der Waals surface area contributed by atoms with Crippen LogP contribution >= 0.6 is 0 Å². The monoisotopic (exact) mass is 251 g/mol. The number of rotatable bonds is 3. The van der Waals surface area contributed by atoms with Gasteiger partial charge in [0.25, 0.3) is 0 Å². The Morgan fingerprint density at radius 2 is 2.06 bits per heavy atom. The maximum Gasteiger partial charge on any atom is 0.238 e. The highest BCUT2D eigenvalue weighted by atomic mass is 16.4. The Kier molecular flexibility index (Phi) is 3.16. The standard InChI is InChI=1S/C11H17N5O2/c1-7(17)8-5-16(15-12-8)6-9-13-14-10(18-9)11(2,3)4/h5,7,17H,6H2,1-4H3. The third kappa shape index (κ3) is 2.73. The van der Waals surface area contributed by atoms with Crippen LogP contribution in [0.15, 0.2) is 10.6 Å². The van der Waals surface area contributed by atoms with Crippen LogP contribution in [0.4, 0.5) is 0 Å². The summed E-state index contributed by atoms with van der Waals surface area (Å²) in [7, 11) is 0. The Morgan fingerprint density at radius 1 is 1.33 bits per heavy atom. The van der Waals surface area contributed by atoms with Crippen LogP contribution in [-0.4, -0.2) is 30.3 Å². The summed E-state index contributed by atoms with van der Waals surface area (Å²) in [4.78, 5) is 0. The zero-order chi connectivity index (χ0) is 13.3. The first-order valence-electron chi connectivity index (χ1n) is 5.77. The molecule has 98 valence electrons. The third-order valence-electron chi connectivity index (χ3n) is 2.39. The minimum Gasteiger partial charge on any atom is -0.423 e. The van der Waals surface area contributed by atoms with E-state index in [2.05, 4.69) is 20.5 Å². The number of aliphatic hydroxyl groups is 1. The smallest absolute Gasteiger partial charge is 0.238 e. The van der Waals surface area contributed by atoms with Crippen molar-refractivity contribution < 1.29 is 9.52 Å². The minimum absolute atomic E-state index is 0.168. The summed E-state index contributed by atoms with van der Waals surface area (Å²) in [5, 5.41) is 25.0. The first-order chi connectivity index (χ1) is 8.36. The first kappa shape index (κ1) is 12.7. The molecule has 0 spiro atoms. The normalized spacial score (nSPS) is 13.8. The van der Waals surface area contributed by atoms with Gasteiger partial charge in [-0.3, -0.25) is 0 Å². The Bertz CT molecular complexity index is 524. The summed E-state index contributed by atoms with van der Waals surface area (Å²) < 4.78 is 7.11. The van der Waals surface area contributed by atoms with Crippen LogP contribution in [0.1, 0.15) is 51.3 Å². The van der Waals surface area contributed by atoms with Gasteiger partial charge in [-0.2, -0.15) is 0 Å². The molecule has 2 heterocycles. The Morgan fingerprint density at radius 3 is 2.56 bits per heavy atom. The fourth-order valence-electron chi connectivity index (χ4n) is 1.34. The van der Waals surface area contributed by atoms with Gasteiger partial charge >= 0.3 is 0 Å². The van der Waals surface area contributed by atoms with E-state index in [-0.39, 0.29) is 5.41 Å². The predicted octanol–water partition coefficient (Wildman–Crippen LogP) is 1.06. The molecule has 2 aromatic rings. The number of aliphatic hydroxyl groups excluding tert-OH is 1. The van der Waals surface area contributed by atoms with Gasteiger partial charge in [0.2, 0.25) is 11.8 Å². The molecule has 2 aromatic heterocycles. The fraction of sp³-hybridized carbons (Fsp3) is 0.636. The van der Waals surface area contributed by atoms with E-state index in [4.69, 9.17) is 4.42 Å². The van der Waals surface area contributed by atoms with Crippen molar-refractivity contribution in [1.29, 1.82) is 0 Å². The summed E-state index contributed by atoms with van der Waals surface area (Å²) in [6.07, 6.45) is 1.03. The van der Waals surface area contributed by atoms with Crippen molar-refractivity contribution in [2.75, 3.05) is 0 Å². The second-order valence-corrected chi connectivity index (χ2v) is 5.27. The molecule has 0 amide bonds. The lowest BCUT2D eigenvalue weighted by molar-refractivity contribution is 0.194. The fourth-order valence-corrected chi connectivity index (χ4v) is 1.34. The molecule has 0 aliphatic carbocycles. The van der Waals surface area contributed by atoms with E-state index >= 15 is 0 Å². The summed E-state index contributed by atoms with van der Waals surface area (Å²) in [6.45, 7) is 8.00. The van der Waals surface area contributed by atoms with Crippen molar-refractivity contribution in [3.8, 4) is 0 Å². The Hall–Kier alpha value is -1.76. The summed E-state index contributed by atoms with van der Waals surface area (Å²) >= 11 is 0. The highest BCUT2D eigenvalue weighted by Crippen LogP contribution is 2.20. The van der Waals surface area contributed by atoms with E-state index < -0.39 is 6.10 Å². The molecule has 7 heteroatoms. The molecular weight excluding hydrogens is 234 g/mol. The molecule has 2 rings (SSSR count). The molecule has 0 saturated carbocycles. The van der Waals surface area contributed by atoms with E-state index in [9.17, 15) is 5.11 Å². The van der Waals surface area contributed by atoms with Crippen LogP contribution in [-0.2, 0) is 12.0 Å². The van der Waals surface area contributed by atoms with Gasteiger partial charge in [-0.1, -0.05) is 26.0 Å². The Balaban J connectivity index is 2.11. The van der Waals surface area contributed by atoms with E-state index in [1.807, 2.05) is 20.8 Å². The van der Waals surface area contributed by atoms with E-state index in [0.29, 0.717) is 24.0 Å². The molecule has 1 atom stereocenters. The predicted molar refractivity (Wildman–Crippen MR) is 62.8 cm³/mol. The topological polar surface area (TPSA) is 89.9 Å². The van der Waals surface area contributed by atoms with Crippen molar-refractivity contribution >= 4 is 0 Å². The van der Waals surface area contributed by atoms with Crippen molar-refractivity contribution in [2.24, 2.45) is 0 Å². The maximum atomic E-state index is 9.35. The molecule has 0 fully saturated rings. The van der Waals surface area contributed by atoms with Gasteiger partial charge in [-0.25, -0.2) is 4.68 Å². The lowest BCUT2D eigenvalue weighted by Crippen LogP contribution is -2.11. The van der Waals surface area contributed by atoms with Crippen molar-refractivity contribution in [3.63, 3.8) is 0 Å². The Labute approximate surface area is 105 Å². The van der Waals surface area contributed by atoms with Crippen LogP contribution in [0.2, 0.25) is 0 Å². The molecule has 18 heavy (non-hydrogen) atoms. The molecule has 0 saturated heterocycles. The van der Waals surface area contributed by atoms with Gasteiger partial charge in [0.1, 0.15) is 12.2 Å². The van der Waals surface area contributed by atoms with Crippen LogP contribution in [0.3, 0.4) is 0 Å². The van der Waals surface area contributed by atoms with E-state index in [0.717, 1.165) is 0 Å². The zero-order valence-corrected chi connectivity index (χ0v) is 11.0. The second kappa shape index (κ2) is 4.49. The van der Waals surface area contributed by atoms with Crippen LogP contribution in [0.5, 0.6) is 0 Å². The molecule has 0 aliphatic rings. The number of nitrogens with zero attached hydrogens (tertiary/aromatic N) is 5. The van der Waals surface area contributed by atoms with Gasteiger partial charge in [0.05, 0.1) is 12.3 Å². The molecule has 7 nitrogen and oxygen atoms in total. The summed E-state index contributed by atoms with van der Waals surface area (Å²) in [5.41, 5.74) is 0.351. The van der Waals surface area contributed by atoms with Crippen LogP contribution < -0.4 is 0 Å². The van der Waals surface area contributed by atoms with Gasteiger partial charge in [0.15, 0.2) is 0 Å². The molecule has 1 N–H and O–H groups in total. The average Bonchev–Trinajstić information content (AvgIpc) is 2.85. The van der Waals surface area contributed by atoms with Crippen LogP contribution in [0.25, 0.3) is 0 Å². The molecule has 0 radical (unpaired) electrons. The summed E-state index contributed by atoms with van der Waals surface area (Å²) in [6, 6.07) is 0.